The first-order valence-corrected chi connectivity index (χ1v) is 9.99. The van der Waals surface area contributed by atoms with Crippen LogP contribution in [0.3, 0.4) is 0 Å². The Morgan fingerprint density at radius 3 is 2.35 bits per heavy atom. The molecule has 0 spiro atoms. The first-order chi connectivity index (χ1) is 14.8. The molecule has 2 saturated heterocycles. The lowest BCUT2D eigenvalue weighted by Crippen LogP contribution is -2.44. The van der Waals surface area contributed by atoms with Gasteiger partial charge in [0.25, 0.3) is 17.5 Å². The molecule has 160 valence electrons. The van der Waals surface area contributed by atoms with Gasteiger partial charge in [-0.2, -0.15) is 0 Å². The molecule has 0 aliphatic carbocycles. The fourth-order valence-electron chi connectivity index (χ4n) is 3.69. The lowest BCUT2D eigenvalue weighted by molar-refractivity contribution is -0.384. The Bertz CT molecular complexity index is 1070. The lowest BCUT2D eigenvalue weighted by atomic mass is 10.1. The molecule has 0 saturated carbocycles. The highest BCUT2D eigenvalue weighted by molar-refractivity contribution is 6.31. The van der Waals surface area contributed by atoms with Crippen LogP contribution >= 0.6 is 0 Å². The molecule has 2 aliphatic heterocycles. The number of benzene rings is 2. The van der Waals surface area contributed by atoms with E-state index in [1.54, 1.807) is 24.3 Å². The summed E-state index contributed by atoms with van der Waals surface area (Å²) in [5, 5.41) is 12.9. The van der Waals surface area contributed by atoms with Crippen molar-refractivity contribution < 1.29 is 14.5 Å². The Hall–Kier alpha value is -3.72. The van der Waals surface area contributed by atoms with Crippen LogP contribution in [0.2, 0.25) is 0 Å². The monoisotopic (exact) mass is 421 g/mol. The van der Waals surface area contributed by atoms with Crippen LogP contribution in [0.1, 0.15) is 11.1 Å². The largest absolute Gasteiger partial charge is 0.363 e. The van der Waals surface area contributed by atoms with Crippen LogP contribution < -0.4 is 15.3 Å². The van der Waals surface area contributed by atoms with E-state index in [0.29, 0.717) is 30.0 Å². The van der Waals surface area contributed by atoms with E-state index in [-0.39, 0.29) is 11.3 Å². The third-order valence-electron chi connectivity index (χ3n) is 5.53. The molecule has 31 heavy (non-hydrogen) atoms. The molecular weight excluding hydrogens is 398 g/mol. The molecule has 2 aliphatic rings. The van der Waals surface area contributed by atoms with Crippen molar-refractivity contribution >= 4 is 35.0 Å². The number of nitro benzene ring substituents is 1. The minimum absolute atomic E-state index is 0.0415. The van der Waals surface area contributed by atoms with Crippen LogP contribution in [0.5, 0.6) is 0 Å². The summed E-state index contributed by atoms with van der Waals surface area (Å²) in [5.41, 5.74) is 4.98. The molecule has 2 aromatic rings. The van der Waals surface area contributed by atoms with Gasteiger partial charge in [-0.25, -0.2) is 5.01 Å². The summed E-state index contributed by atoms with van der Waals surface area (Å²) >= 11 is 0. The smallest absolute Gasteiger partial charge is 0.293 e. The molecule has 2 fully saturated rings. The van der Waals surface area contributed by atoms with Crippen molar-refractivity contribution in [3.8, 4) is 0 Å². The molecule has 2 amide bonds. The zero-order valence-corrected chi connectivity index (χ0v) is 17.4. The zero-order chi connectivity index (χ0) is 22.1. The Morgan fingerprint density at radius 2 is 1.71 bits per heavy atom. The normalized spacial score (nSPS) is 18.6. The molecule has 2 aromatic carbocycles. The second-order valence-electron chi connectivity index (χ2n) is 7.77. The van der Waals surface area contributed by atoms with E-state index >= 15 is 0 Å². The lowest BCUT2D eigenvalue weighted by Gasteiger charge is -2.33. The molecule has 0 aromatic heterocycles. The molecule has 2 heterocycles. The third kappa shape index (κ3) is 4.13. The Kier molecular flexibility index (Phi) is 5.43. The van der Waals surface area contributed by atoms with Crippen LogP contribution in [0, 0.1) is 17.0 Å². The number of amides is 2. The van der Waals surface area contributed by atoms with E-state index in [1.165, 1.54) is 17.2 Å². The van der Waals surface area contributed by atoms with E-state index in [2.05, 4.69) is 10.3 Å². The highest BCUT2D eigenvalue weighted by atomic mass is 16.6. The van der Waals surface area contributed by atoms with Gasteiger partial charge in [-0.05, 0) is 43.8 Å². The van der Waals surface area contributed by atoms with Gasteiger partial charge >= 0.3 is 0 Å². The summed E-state index contributed by atoms with van der Waals surface area (Å²) in [6, 6.07) is 12.0. The SMILES string of the molecule is Cc1ccc(N2NC(=O)/C(=C/c3ccc(N4CCN(C)CC4)c([N+](=O)[O-])c3)C2=O)cc1. The number of rotatable bonds is 4. The summed E-state index contributed by atoms with van der Waals surface area (Å²) in [6.07, 6.45) is 1.40. The average molecular weight is 421 g/mol. The number of nitro groups is 1. The number of hydrazine groups is 1. The maximum Gasteiger partial charge on any atom is 0.293 e. The van der Waals surface area contributed by atoms with Gasteiger partial charge in [0.2, 0.25) is 0 Å². The van der Waals surface area contributed by atoms with Crippen molar-refractivity contribution in [1.82, 2.24) is 10.3 Å². The molecule has 4 rings (SSSR count). The summed E-state index contributed by atoms with van der Waals surface area (Å²) < 4.78 is 0. The van der Waals surface area contributed by atoms with E-state index < -0.39 is 16.7 Å². The molecule has 0 unspecified atom stereocenters. The molecule has 1 N–H and O–H groups in total. The number of likely N-dealkylation sites (N-methyl/N-ethyl adjacent to an activating group) is 1. The van der Waals surface area contributed by atoms with E-state index in [1.807, 2.05) is 31.0 Å². The topological polar surface area (TPSA) is 99.0 Å². The molecular formula is C22H23N5O4. The predicted molar refractivity (Wildman–Crippen MR) is 118 cm³/mol. The van der Waals surface area contributed by atoms with E-state index in [9.17, 15) is 19.7 Å². The van der Waals surface area contributed by atoms with Crippen LogP contribution in [-0.4, -0.2) is 54.9 Å². The van der Waals surface area contributed by atoms with Gasteiger partial charge in [-0.1, -0.05) is 23.8 Å². The second-order valence-corrected chi connectivity index (χ2v) is 7.77. The maximum absolute atomic E-state index is 12.8. The minimum atomic E-state index is -0.545. The van der Waals surface area contributed by atoms with E-state index in [4.69, 9.17) is 0 Å². The second kappa shape index (κ2) is 8.19. The van der Waals surface area contributed by atoms with Crippen molar-refractivity contribution in [2.45, 2.75) is 6.92 Å². The number of aryl methyl sites for hydroxylation is 1. The first-order valence-electron chi connectivity index (χ1n) is 9.99. The molecule has 0 radical (unpaired) electrons. The number of piperazine rings is 1. The summed E-state index contributed by atoms with van der Waals surface area (Å²) in [7, 11) is 2.02. The first kappa shape index (κ1) is 20.5. The number of hydrogen-bond donors (Lipinski definition) is 1. The molecule has 0 atom stereocenters. The fourth-order valence-corrected chi connectivity index (χ4v) is 3.69. The van der Waals surface area contributed by atoms with Crippen molar-refractivity contribution in [3.05, 3.63) is 69.3 Å². The van der Waals surface area contributed by atoms with Gasteiger partial charge in [0, 0.05) is 32.2 Å². The molecule has 9 heteroatoms. The van der Waals surface area contributed by atoms with Gasteiger partial charge in [-0.15, -0.1) is 0 Å². The summed E-state index contributed by atoms with van der Waals surface area (Å²) in [4.78, 5) is 40.7. The predicted octanol–water partition coefficient (Wildman–Crippen LogP) is 2.12. The highest BCUT2D eigenvalue weighted by Gasteiger charge is 2.34. The van der Waals surface area contributed by atoms with Crippen LogP contribution in [-0.2, 0) is 9.59 Å². The zero-order valence-electron chi connectivity index (χ0n) is 17.4. The van der Waals surface area contributed by atoms with Gasteiger partial charge in [-0.3, -0.25) is 25.1 Å². The Labute approximate surface area is 179 Å². The fraction of sp³-hybridized carbons (Fsp3) is 0.273. The summed E-state index contributed by atoms with van der Waals surface area (Å²) in [6.45, 7) is 4.98. The van der Waals surface area contributed by atoms with Crippen molar-refractivity contribution in [1.29, 1.82) is 0 Å². The quantitative estimate of drug-likeness (QED) is 0.351. The van der Waals surface area contributed by atoms with Crippen molar-refractivity contribution in [2.24, 2.45) is 0 Å². The standard InChI is InChI=1S/C22H23N5O4/c1-15-3-6-17(7-4-15)26-22(29)18(21(28)23-26)13-16-5-8-19(20(14-16)27(30)31)25-11-9-24(2)10-12-25/h3-8,13-14H,9-12H2,1-2H3,(H,23,28)/b18-13-. The Balaban J connectivity index is 1.62. The summed E-state index contributed by atoms with van der Waals surface area (Å²) in [5.74, 6) is -1.05. The number of nitrogens with one attached hydrogen (secondary N) is 1. The van der Waals surface area contributed by atoms with Gasteiger partial charge < -0.3 is 9.80 Å². The van der Waals surface area contributed by atoms with Gasteiger partial charge in [0.1, 0.15) is 11.3 Å². The van der Waals surface area contributed by atoms with Crippen LogP contribution in [0.15, 0.2) is 48.0 Å². The van der Waals surface area contributed by atoms with Crippen molar-refractivity contribution in [3.63, 3.8) is 0 Å². The van der Waals surface area contributed by atoms with Gasteiger partial charge in [0.05, 0.1) is 10.6 Å². The maximum atomic E-state index is 12.8. The van der Waals surface area contributed by atoms with Crippen LogP contribution in [0.25, 0.3) is 6.08 Å². The number of hydrogen-bond acceptors (Lipinski definition) is 6. The van der Waals surface area contributed by atoms with Gasteiger partial charge in [0.15, 0.2) is 0 Å². The highest BCUT2D eigenvalue weighted by Crippen LogP contribution is 2.31. The Morgan fingerprint density at radius 1 is 1.03 bits per heavy atom. The molecule has 9 nitrogen and oxygen atoms in total. The molecule has 0 bridgehead atoms. The number of carbonyl (C=O) groups is 2. The van der Waals surface area contributed by atoms with Crippen molar-refractivity contribution in [2.75, 3.05) is 43.1 Å². The number of anilines is 2. The third-order valence-corrected chi connectivity index (χ3v) is 5.53. The number of carbonyl (C=O) groups excluding carboxylic acids is 2. The minimum Gasteiger partial charge on any atom is -0.363 e. The average Bonchev–Trinajstić information content (AvgIpc) is 3.03. The van der Waals surface area contributed by atoms with E-state index in [0.717, 1.165) is 18.7 Å². The van der Waals surface area contributed by atoms with Crippen LogP contribution in [0.4, 0.5) is 17.1 Å². The number of nitrogens with zero attached hydrogens (tertiary/aromatic N) is 4.